The number of ether oxygens (including phenoxy) is 1. The van der Waals surface area contributed by atoms with E-state index in [-0.39, 0.29) is 36.5 Å². The molecule has 0 saturated carbocycles. The molecule has 2 heterocycles. The van der Waals surface area contributed by atoms with Gasteiger partial charge in [-0.1, -0.05) is 79.7 Å². The second-order valence-electron chi connectivity index (χ2n) is 12.4. The predicted molar refractivity (Wildman–Crippen MR) is 191 cm³/mol. The van der Waals surface area contributed by atoms with E-state index in [0.717, 1.165) is 10.6 Å². The Hall–Kier alpha value is -4.83. The van der Waals surface area contributed by atoms with Gasteiger partial charge >= 0.3 is 0 Å². The van der Waals surface area contributed by atoms with Gasteiger partial charge in [-0.2, -0.15) is 0 Å². The van der Waals surface area contributed by atoms with Gasteiger partial charge in [0.25, 0.3) is 11.8 Å². The molecule has 6 rings (SSSR count). The third-order valence-electron chi connectivity index (χ3n) is 8.77. The first kappa shape index (κ1) is 33.1. The number of nitrogens with one attached hydrogen (secondary N) is 1. The number of nitrogens with zero attached hydrogens (tertiary/aromatic N) is 3. The number of hydrogen-bond acceptors (Lipinski definition) is 7. The van der Waals surface area contributed by atoms with Crippen LogP contribution in [-0.4, -0.2) is 70.6 Å². The highest BCUT2D eigenvalue weighted by Crippen LogP contribution is 2.35. The first-order valence-electron chi connectivity index (χ1n) is 16.2. The number of rotatable bonds is 10. The zero-order valence-electron chi connectivity index (χ0n) is 27.4. The van der Waals surface area contributed by atoms with Gasteiger partial charge < -0.3 is 20.1 Å². The number of benzene rings is 4. The second kappa shape index (κ2) is 14.9. The summed E-state index contributed by atoms with van der Waals surface area (Å²) in [5, 5.41) is 15.9. The molecule has 0 spiro atoms. The molecule has 0 unspecified atom stereocenters. The third-order valence-corrected chi connectivity index (χ3v) is 9.59. The van der Waals surface area contributed by atoms with Crippen molar-refractivity contribution in [3.8, 4) is 27.4 Å². The monoisotopic (exact) mass is 660 g/mol. The van der Waals surface area contributed by atoms with E-state index in [9.17, 15) is 14.7 Å². The molecular formula is C39H40N4O4S. The van der Waals surface area contributed by atoms with E-state index in [2.05, 4.69) is 65.6 Å². The number of carbonyl (C=O) groups is 2. The summed E-state index contributed by atoms with van der Waals surface area (Å²) in [4.78, 5) is 35.6. The Kier molecular flexibility index (Phi) is 10.3. The molecule has 0 saturated heterocycles. The van der Waals surface area contributed by atoms with Crippen LogP contribution in [0.3, 0.4) is 0 Å². The molecule has 8 nitrogen and oxygen atoms in total. The van der Waals surface area contributed by atoms with E-state index >= 15 is 0 Å². The maximum absolute atomic E-state index is 13.9. The van der Waals surface area contributed by atoms with Gasteiger partial charge in [-0.3, -0.25) is 14.5 Å². The van der Waals surface area contributed by atoms with Crippen molar-refractivity contribution in [2.45, 2.75) is 32.5 Å². The van der Waals surface area contributed by atoms with Gasteiger partial charge in [0.2, 0.25) is 0 Å². The van der Waals surface area contributed by atoms with Crippen LogP contribution in [0.4, 0.5) is 5.69 Å². The third kappa shape index (κ3) is 7.49. The van der Waals surface area contributed by atoms with Crippen LogP contribution >= 0.6 is 11.3 Å². The highest BCUT2D eigenvalue weighted by Gasteiger charge is 2.34. The quantitative estimate of drug-likeness (QED) is 0.166. The molecule has 1 aromatic heterocycles. The second-order valence-corrected chi connectivity index (χ2v) is 13.3. The van der Waals surface area contributed by atoms with Crippen LogP contribution in [0.25, 0.3) is 21.7 Å². The molecule has 9 heteroatoms. The van der Waals surface area contributed by atoms with Crippen LogP contribution in [0.1, 0.15) is 40.1 Å². The zero-order valence-corrected chi connectivity index (χ0v) is 28.2. The SMILES string of the molecule is C[C@@H]1CN([C@H](C)CO)C(=O)c2cccc(NC(=O)c3ccc(-c4nccs4)cc3)c2O[C@@H]1CN(C)Cc1ccc(-c2ccccc2)cc1. The minimum absolute atomic E-state index is 0.0684. The Morgan fingerprint density at radius 2 is 1.71 bits per heavy atom. The average Bonchev–Trinajstić information content (AvgIpc) is 3.66. The van der Waals surface area contributed by atoms with E-state index in [1.165, 1.54) is 28.0 Å². The van der Waals surface area contributed by atoms with E-state index in [4.69, 9.17) is 4.74 Å². The maximum Gasteiger partial charge on any atom is 0.258 e. The van der Waals surface area contributed by atoms with Crippen LogP contribution in [0, 0.1) is 5.92 Å². The molecular weight excluding hydrogens is 621 g/mol. The van der Waals surface area contributed by atoms with Gasteiger partial charge in [-0.25, -0.2) is 4.98 Å². The number of aliphatic hydroxyl groups is 1. The number of aliphatic hydroxyl groups excluding tert-OH is 1. The van der Waals surface area contributed by atoms with Gasteiger partial charge in [0.15, 0.2) is 5.75 Å². The molecule has 48 heavy (non-hydrogen) atoms. The summed E-state index contributed by atoms with van der Waals surface area (Å²) >= 11 is 1.54. The lowest BCUT2D eigenvalue weighted by atomic mass is 9.98. The Morgan fingerprint density at radius 3 is 2.40 bits per heavy atom. The van der Waals surface area contributed by atoms with Crippen LogP contribution in [-0.2, 0) is 6.54 Å². The molecule has 1 aliphatic rings. The standard InChI is InChI=1S/C39H40N4O4S/c1-26-22-43(27(2)25-44)39(46)33-10-7-11-34(41-37(45)31-16-18-32(19-17-31)38-40-20-21-48-38)36(33)47-35(26)24-42(3)23-28-12-14-30(15-13-28)29-8-5-4-6-9-29/h4-21,26-27,35,44H,22-25H2,1-3H3,(H,41,45)/t26-,27-,35-/m1/s1. The summed E-state index contributed by atoms with van der Waals surface area (Å²) in [5.74, 6) is -0.287. The van der Waals surface area contributed by atoms with Gasteiger partial charge in [-0.05, 0) is 54.9 Å². The van der Waals surface area contributed by atoms with E-state index in [1.54, 1.807) is 41.4 Å². The van der Waals surface area contributed by atoms with Gasteiger partial charge in [0.05, 0.1) is 23.9 Å². The number of hydrogen-bond donors (Lipinski definition) is 2. The first-order chi connectivity index (χ1) is 23.3. The predicted octanol–water partition coefficient (Wildman–Crippen LogP) is 7.08. The van der Waals surface area contributed by atoms with E-state index in [1.807, 2.05) is 42.6 Å². The Bertz CT molecular complexity index is 1830. The average molecular weight is 661 g/mol. The Morgan fingerprint density at radius 1 is 1.00 bits per heavy atom. The van der Waals surface area contributed by atoms with Crippen molar-refractivity contribution in [2.75, 3.05) is 32.1 Å². The topological polar surface area (TPSA) is 95.0 Å². The molecule has 1 aliphatic heterocycles. The Labute approximate surface area is 285 Å². The van der Waals surface area contributed by atoms with Crippen LogP contribution in [0.2, 0.25) is 0 Å². The summed E-state index contributed by atoms with van der Waals surface area (Å²) in [5.41, 5.74) is 5.71. The zero-order chi connectivity index (χ0) is 33.6. The lowest BCUT2D eigenvalue weighted by Gasteiger charge is -2.38. The fourth-order valence-electron chi connectivity index (χ4n) is 6.00. The van der Waals surface area contributed by atoms with Crippen molar-refractivity contribution in [3.05, 3.63) is 125 Å². The number of carbonyl (C=O) groups excluding carboxylic acids is 2. The lowest BCUT2D eigenvalue weighted by Crippen LogP contribution is -2.49. The number of aromatic nitrogens is 1. The number of likely N-dealkylation sites (N-methyl/N-ethyl adjacent to an activating group) is 1. The van der Waals surface area contributed by atoms with Crippen molar-refractivity contribution in [3.63, 3.8) is 0 Å². The summed E-state index contributed by atoms with van der Waals surface area (Å²) in [6.07, 6.45) is 1.44. The van der Waals surface area contributed by atoms with Crippen LogP contribution in [0.15, 0.2) is 109 Å². The van der Waals surface area contributed by atoms with Crippen molar-refractivity contribution in [2.24, 2.45) is 5.92 Å². The number of anilines is 1. The fourth-order valence-corrected chi connectivity index (χ4v) is 6.65. The van der Waals surface area contributed by atoms with Crippen LogP contribution < -0.4 is 10.1 Å². The smallest absolute Gasteiger partial charge is 0.258 e. The van der Waals surface area contributed by atoms with E-state index in [0.29, 0.717) is 42.2 Å². The Balaban J connectivity index is 1.24. The first-order valence-corrected chi connectivity index (χ1v) is 17.0. The molecule has 4 aromatic carbocycles. The minimum Gasteiger partial charge on any atom is -0.486 e. The molecule has 246 valence electrons. The fraction of sp³-hybridized carbons (Fsp3) is 0.256. The van der Waals surface area contributed by atoms with Crippen molar-refractivity contribution < 1.29 is 19.4 Å². The number of para-hydroxylation sites is 1. The van der Waals surface area contributed by atoms with Gasteiger partial charge in [0, 0.05) is 48.3 Å². The van der Waals surface area contributed by atoms with Crippen molar-refractivity contribution in [1.82, 2.24) is 14.8 Å². The molecule has 3 atom stereocenters. The summed E-state index contributed by atoms with van der Waals surface area (Å²) in [6, 6.07) is 31.0. The molecule has 2 amide bonds. The summed E-state index contributed by atoms with van der Waals surface area (Å²) in [6.45, 7) is 5.45. The van der Waals surface area contributed by atoms with Crippen molar-refractivity contribution in [1.29, 1.82) is 0 Å². The lowest BCUT2D eigenvalue weighted by molar-refractivity contribution is 0.0343. The minimum atomic E-state index is -0.387. The van der Waals surface area contributed by atoms with Gasteiger partial charge in [-0.15, -0.1) is 11.3 Å². The van der Waals surface area contributed by atoms with Crippen LogP contribution in [0.5, 0.6) is 5.75 Å². The van der Waals surface area contributed by atoms with Crippen molar-refractivity contribution >= 4 is 28.8 Å². The summed E-state index contributed by atoms with van der Waals surface area (Å²) in [7, 11) is 2.06. The normalized spacial score (nSPS) is 16.9. The number of amides is 2. The largest absolute Gasteiger partial charge is 0.486 e. The molecule has 2 N–H and O–H groups in total. The van der Waals surface area contributed by atoms with Gasteiger partial charge in [0.1, 0.15) is 11.1 Å². The maximum atomic E-state index is 13.9. The number of fused-ring (bicyclic) bond motifs is 1. The molecule has 0 fully saturated rings. The summed E-state index contributed by atoms with van der Waals surface area (Å²) < 4.78 is 6.73. The molecule has 0 aliphatic carbocycles. The molecule has 0 radical (unpaired) electrons. The van der Waals surface area contributed by atoms with E-state index < -0.39 is 0 Å². The highest BCUT2D eigenvalue weighted by atomic mass is 32.1. The molecule has 5 aromatic rings. The number of thiazole rings is 1. The highest BCUT2D eigenvalue weighted by molar-refractivity contribution is 7.13. The molecule has 0 bridgehead atoms.